The number of para-hydroxylation sites is 1. The predicted molar refractivity (Wildman–Crippen MR) is 121 cm³/mol. The Labute approximate surface area is 178 Å². The van der Waals surface area contributed by atoms with Crippen molar-refractivity contribution in [3.05, 3.63) is 59.7 Å². The fraction of sp³-hybridized carbons (Fsp3) is 0.391. The van der Waals surface area contributed by atoms with Crippen LogP contribution in [-0.4, -0.2) is 23.7 Å². The maximum Gasteiger partial charge on any atom is 0.261 e. The van der Waals surface area contributed by atoms with E-state index in [0.29, 0.717) is 24.5 Å². The molecule has 0 aliphatic carbocycles. The minimum atomic E-state index is -0.283. The van der Waals surface area contributed by atoms with E-state index >= 15 is 0 Å². The molecular formula is C23H30N2O3S. The first kappa shape index (κ1) is 22.7. The van der Waals surface area contributed by atoms with E-state index in [1.54, 1.807) is 12.1 Å². The van der Waals surface area contributed by atoms with Crippen LogP contribution < -0.4 is 20.1 Å². The van der Waals surface area contributed by atoms with Crippen LogP contribution in [0.3, 0.4) is 0 Å². The van der Waals surface area contributed by atoms with Crippen molar-refractivity contribution in [1.82, 2.24) is 10.6 Å². The number of amides is 1. The first-order chi connectivity index (χ1) is 14.0. The highest BCUT2D eigenvalue weighted by Gasteiger charge is 2.13. The van der Waals surface area contributed by atoms with Gasteiger partial charge in [-0.2, -0.15) is 0 Å². The van der Waals surface area contributed by atoms with Gasteiger partial charge in [-0.05, 0) is 62.3 Å². The molecule has 0 fully saturated rings. The Hall–Kier alpha value is -2.60. The van der Waals surface area contributed by atoms with Gasteiger partial charge in [-0.1, -0.05) is 44.0 Å². The molecule has 6 heteroatoms. The van der Waals surface area contributed by atoms with Gasteiger partial charge in [0.05, 0.1) is 18.3 Å². The molecule has 0 aliphatic rings. The highest BCUT2D eigenvalue weighted by atomic mass is 32.1. The van der Waals surface area contributed by atoms with Crippen molar-refractivity contribution >= 4 is 23.2 Å². The summed E-state index contributed by atoms with van der Waals surface area (Å²) in [4.78, 5) is 12.6. The zero-order chi connectivity index (χ0) is 21.1. The van der Waals surface area contributed by atoms with Gasteiger partial charge in [0.1, 0.15) is 11.5 Å². The average molecular weight is 415 g/mol. The van der Waals surface area contributed by atoms with E-state index in [1.807, 2.05) is 50.2 Å². The molecule has 0 spiro atoms. The Morgan fingerprint density at radius 2 is 1.79 bits per heavy atom. The van der Waals surface area contributed by atoms with Crippen molar-refractivity contribution in [3.63, 3.8) is 0 Å². The van der Waals surface area contributed by atoms with Crippen LogP contribution in [-0.2, 0) is 6.54 Å². The van der Waals surface area contributed by atoms with Gasteiger partial charge in [-0.3, -0.25) is 10.1 Å². The summed E-state index contributed by atoms with van der Waals surface area (Å²) in [7, 11) is 0. The Morgan fingerprint density at radius 1 is 1.07 bits per heavy atom. The molecule has 0 aromatic heterocycles. The van der Waals surface area contributed by atoms with Gasteiger partial charge in [0.15, 0.2) is 5.11 Å². The fourth-order valence-corrected chi connectivity index (χ4v) is 2.83. The number of carbonyl (C=O) groups is 1. The van der Waals surface area contributed by atoms with Gasteiger partial charge in [0.25, 0.3) is 5.91 Å². The minimum Gasteiger partial charge on any atom is -0.493 e. The normalized spacial score (nSPS) is 10.5. The van der Waals surface area contributed by atoms with Crippen LogP contribution in [0.5, 0.6) is 11.5 Å². The topological polar surface area (TPSA) is 59.6 Å². The molecule has 2 aromatic rings. The molecule has 0 radical (unpaired) electrons. The third-order valence-corrected chi connectivity index (χ3v) is 4.36. The first-order valence-corrected chi connectivity index (χ1v) is 10.5. The third kappa shape index (κ3) is 8.11. The molecule has 0 unspecified atom stereocenters. The molecule has 156 valence electrons. The van der Waals surface area contributed by atoms with Gasteiger partial charge in [-0.15, -0.1) is 0 Å². The summed E-state index contributed by atoms with van der Waals surface area (Å²) in [5.74, 6) is 1.12. The number of nitrogens with one attached hydrogen (secondary N) is 2. The van der Waals surface area contributed by atoms with E-state index in [0.717, 1.165) is 30.6 Å². The minimum absolute atomic E-state index is 0.139. The van der Waals surface area contributed by atoms with Crippen LogP contribution in [0.4, 0.5) is 0 Å². The second-order valence-corrected chi connectivity index (χ2v) is 7.41. The number of hydrogen-bond donors (Lipinski definition) is 2. The SMILES string of the molecule is CCCCCOc1ccccc1C(=O)NC(=S)NCc1ccc(OC(C)C)cc1. The summed E-state index contributed by atoms with van der Waals surface area (Å²) in [6.45, 7) is 7.23. The predicted octanol–water partition coefficient (Wildman–Crippen LogP) is 4.85. The summed E-state index contributed by atoms with van der Waals surface area (Å²) in [5, 5.41) is 6.06. The first-order valence-electron chi connectivity index (χ1n) is 10.1. The Kier molecular flexibility index (Phi) is 9.44. The van der Waals surface area contributed by atoms with Crippen molar-refractivity contribution in [3.8, 4) is 11.5 Å². The van der Waals surface area contributed by atoms with Crippen LogP contribution in [0, 0.1) is 0 Å². The number of hydrogen-bond acceptors (Lipinski definition) is 4. The second kappa shape index (κ2) is 12.1. The second-order valence-electron chi connectivity index (χ2n) is 7.00. The summed E-state index contributed by atoms with van der Waals surface area (Å²) >= 11 is 5.27. The summed E-state index contributed by atoms with van der Waals surface area (Å²) in [5.41, 5.74) is 1.51. The van der Waals surface area contributed by atoms with E-state index in [-0.39, 0.29) is 17.1 Å². The summed E-state index contributed by atoms with van der Waals surface area (Å²) in [6.07, 6.45) is 3.33. The Bertz CT molecular complexity index is 791. The zero-order valence-corrected chi connectivity index (χ0v) is 18.2. The summed E-state index contributed by atoms with van der Waals surface area (Å²) in [6, 6.07) is 15.0. The molecule has 5 nitrogen and oxygen atoms in total. The van der Waals surface area contributed by atoms with E-state index in [4.69, 9.17) is 21.7 Å². The molecule has 0 atom stereocenters. The molecule has 0 saturated heterocycles. The molecule has 29 heavy (non-hydrogen) atoms. The van der Waals surface area contributed by atoms with E-state index in [1.165, 1.54) is 0 Å². The maximum atomic E-state index is 12.6. The molecule has 0 heterocycles. The Morgan fingerprint density at radius 3 is 2.48 bits per heavy atom. The number of unbranched alkanes of at least 4 members (excludes halogenated alkanes) is 2. The van der Waals surface area contributed by atoms with Crippen molar-refractivity contribution in [2.24, 2.45) is 0 Å². The molecule has 2 rings (SSSR count). The molecular weight excluding hydrogens is 384 g/mol. The maximum absolute atomic E-state index is 12.6. The van der Waals surface area contributed by atoms with Crippen LogP contribution in [0.15, 0.2) is 48.5 Å². The number of thiocarbonyl (C=S) groups is 1. The molecule has 2 aromatic carbocycles. The van der Waals surface area contributed by atoms with Gasteiger partial charge in [0.2, 0.25) is 0 Å². The van der Waals surface area contributed by atoms with Gasteiger partial charge >= 0.3 is 0 Å². The van der Waals surface area contributed by atoms with Gasteiger partial charge < -0.3 is 14.8 Å². The number of rotatable bonds is 10. The Balaban J connectivity index is 1.85. The fourth-order valence-electron chi connectivity index (χ4n) is 2.67. The van der Waals surface area contributed by atoms with Gasteiger partial charge in [-0.25, -0.2) is 0 Å². The van der Waals surface area contributed by atoms with Crippen LogP contribution in [0.2, 0.25) is 0 Å². The third-order valence-electron chi connectivity index (χ3n) is 4.11. The number of ether oxygens (including phenoxy) is 2. The average Bonchev–Trinajstić information content (AvgIpc) is 2.70. The van der Waals surface area contributed by atoms with Crippen molar-refractivity contribution in [2.75, 3.05) is 6.61 Å². The molecule has 0 saturated carbocycles. The molecule has 2 N–H and O–H groups in total. The van der Waals surface area contributed by atoms with Crippen molar-refractivity contribution in [2.45, 2.75) is 52.7 Å². The van der Waals surface area contributed by atoms with Crippen LogP contribution in [0.25, 0.3) is 0 Å². The molecule has 0 bridgehead atoms. The van der Waals surface area contributed by atoms with E-state index in [2.05, 4.69) is 17.6 Å². The van der Waals surface area contributed by atoms with Crippen molar-refractivity contribution < 1.29 is 14.3 Å². The van der Waals surface area contributed by atoms with E-state index in [9.17, 15) is 4.79 Å². The highest BCUT2D eigenvalue weighted by molar-refractivity contribution is 7.80. The zero-order valence-electron chi connectivity index (χ0n) is 17.4. The number of benzene rings is 2. The van der Waals surface area contributed by atoms with Crippen LogP contribution in [0.1, 0.15) is 56.0 Å². The smallest absolute Gasteiger partial charge is 0.261 e. The highest BCUT2D eigenvalue weighted by Crippen LogP contribution is 2.18. The number of carbonyl (C=O) groups excluding carboxylic acids is 1. The monoisotopic (exact) mass is 414 g/mol. The largest absolute Gasteiger partial charge is 0.493 e. The standard InChI is InChI=1S/C23H30N2O3S/c1-4-5-8-15-27-21-10-7-6-9-20(21)22(26)25-23(29)24-16-18-11-13-19(14-12-18)28-17(2)3/h6-7,9-14,17H,4-5,8,15-16H2,1-3H3,(H2,24,25,26,29). The van der Waals surface area contributed by atoms with E-state index < -0.39 is 0 Å². The van der Waals surface area contributed by atoms with Gasteiger partial charge in [0, 0.05) is 6.54 Å². The quantitative estimate of drug-likeness (QED) is 0.430. The lowest BCUT2D eigenvalue weighted by Crippen LogP contribution is -2.39. The lowest BCUT2D eigenvalue weighted by Gasteiger charge is -2.13. The molecule has 0 aliphatic heterocycles. The van der Waals surface area contributed by atoms with Crippen molar-refractivity contribution in [1.29, 1.82) is 0 Å². The van der Waals surface area contributed by atoms with Crippen LogP contribution >= 0.6 is 12.2 Å². The molecule has 1 amide bonds. The lowest BCUT2D eigenvalue weighted by atomic mass is 10.2. The lowest BCUT2D eigenvalue weighted by molar-refractivity contribution is 0.0972. The summed E-state index contributed by atoms with van der Waals surface area (Å²) < 4.78 is 11.4.